The van der Waals surface area contributed by atoms with Crippen LogP contribution >= 0.6 is 0 Å². The SMILES string of the molecule is C/C=C\c1ccc2n(c1=O)C[C@H]1[C@H](CO)[C@@H](C(=O)OC)[C@@H]2N1C(=O)CC1CC1. The predicted octanol–water partition coefficient (Wildman–Crippen LogP) is 1.34. The van der Waals surface area contributed by atoms with Crippen LogP contribution in [0.4, 0.5) is 0 Å². The Morgan fingerprint density at radius 3 is 2.68 bits per heavy atom. The Morgan fingerprint density at radius 1 is 1.32 bits per heavy atom. The minimum absolute atomic E-state index is 0.00131. The Bertz CT molecular complexity index is 885. The van der Waals surface area contributed by atoms with E-state index in [1.54, 1.807) is 27.7 Å². The number of hydrogen-bond acceptors (Lipinski definition) is 5. The van der Waals surface area contributed by atoms with Crippen LogP contribution in [0, 0.1) is 17.8 Å². The highest BCUT2D eigenvalue weighted by atomic mass is 16.5. The number of ether oxygens (including phenoxy) is 1. The molecule has 1 aromatic rings. The van der Waals surface area contributed by atoms with Crippen LogP contribution in [0.3, 0.4) is 0 Å². The molecule has 0 unspecified atom stereocenters. The highest BCUT2D eigenvalue weighted by Crippen LogP contribution is 2.49. The van der Waals surface area contributed by atoms with Crippen LogP contribution in [-0.2, 0) is 20.9 Å². The van der Waals surface area contributed by atoms with E-state index in [-0.39, 0.29) is 24.6 Å². The van der Waals surface area contributed by atoms with Gasteiger partial charge in [0.25, 0.3) is 5.56 Å². The quantitative estimate of drug-likeness (QED) is 0.772. The van der Waals surface area contributed by atoms with Crippen molar-refractivity contribution in [1.29, 1.82) is 0 Å². The highest BCUT2D eigenvalue weighted by Gasteiger charge is 2.58. The van der Waals surface area contributed by atoms with E-state index in [0.717, 1.165) is 12.8 Å². The molecule has 1 saturated heterocycles. The molecule has 0 spiro atoms. The first-order valence-electron chi connectivity index (χ1n) is 9.88. The van der Waals surface area contributed by atoms with E-state index in [4.69, 9.17) is 4.74 Å². The summed E-state index contributed by atoms with van der Waals surface area (Å²) in [4.78, 5) is 40.4. The number of fused-ring (bicyclic) bond motifs is 4. The maximum atomic E-state index is 13.1. The van der Waals surface area contributed by atoms with E-state index >= 15 is 0 Å². The molecule has 3 aliphatic rings. The Hall–Kier alpha value is -2.41. The summed E-state index contributed by atoms with van der Waals surface area (Å²) in [6.07, 6.45) is 6.13. The average molecular weight is 386 g/mol. The van der Waals surface area contributed by atoms with Crippen LogP contribution in [-0.4, -0.2) is 46.2 Å². The van der Waals surface area contributed by atoms with Gasteiger partial charge in [0.2, 0.25) is 5.91 Å². The minimum atomic E-state index is -0.677. The normalized spacial score (nSPS) is 28.5. The van der Waals surface area contributed by atoms with Crippen LogP contribution in [0.2, 0.25) is 0 Å². The summed E-state index contributed by atoms with van der Waals surface area (Å²) in [6.45, 7) is 1.89. The monoisotopic (exact) mass is 386 g/mol. The summed E-state index contributed by atoms with van der Waals surface area (Å²) in [6, 6.07) is 2.59. The summed E-state index contributed by atoms with van der Waals surface area (Å²) < 4.78 is 6.68. The molecule has 2 aliphatic heterocycles. The molecule has 2 fully saturated rings. The zero-order chi connectivity index (χ0) is 20.0. The summed E-state index contributed by atoms with van der Waals surface area (Å²) >= 11 is 0. The van der Waals surface area contributed by atoms with Crippen molar-refractivity contribution in [2.45, 2.75) is 44.8 Å². The van der Waals surface area contributed by atoms with Crippen LogP contribution in [0.1, 0.15) is 43.5 Å². The van der Waals surface area contributed by atoms with Crippen molar-refractivity contribution in [2.24, 2.45) is 17.8 Å². The van der Waals surface area contributed by atoms with Gasteiger partial charge >= 0.3 is 5.97 Å². The largest absolute Gasteiger partial charge is 0.469 e. The Balaban J connectivity index is 1.83. The fourth-order valence-corrected chi connectivity index (χ4v) is 4.85. The molecular weight excluding hydrogens is 360 g/mol. The summed E-state index contributed by atoms with van der Waals surface area (Å²) in [5, 5.41) is 10.1. The molecule has 3 heterocycles. The molecule has 0 aromatic carbocycles. The predicted molar refractivity (Wildman–Crippen MR) is 102 cm³/mol. The number of nitrogens with zero attached hydrogens (tertiary/aromatic N) is 2. The van der Waals surface area contributed by atoms with Crippen LogP contribution in [0.25, 0.3) is 6.08 Å². The summed E-state index contributed by atoms with van der Waals surface area (Å²) in [5.74, 6) is -1.17. The van der Waals surface area contributed by atoms with E-state index in [1.807, 2.05) is 13.0 Å². The third kappa shape index (κ3) is 2.89. The number of hydrogen-bond donors (Lipinski definition) is 1. The molecule has 4 atom stereocenters. The molecule has 150 valence electrons. The number of carbonyl (C=O) groups excluding carboxylic acids is 2. The van der Waals surface area contributed by atoms with E-state index in [2.05, 4.69) is 0 Å². The van der Waals surface area contributed by atoms with E-state index in [0.29, 0.717) is 23.6 Å². The second kappa shape index (κ2) is 7.20. The van der Waals surface area contributed by atoms with E-state index < -0.39 is 29.9 Å². The first kappa shape index (κ1) is 18.9. The number of carbonyl (C=O) groups is 2. The first-order valence-corrected chi connectivity index (χ1v) is 9.88. The van der Waals surface area contributed by atoms with Gasteiger partial charge in [0, 0.05) is 36.7 Å². The number of amides is 1. The number of aromatic nitrogens is 1. The van der Waals surface area contributed by atoms with Crippen LogP contribution < -0.4 is 5.56 Å². The number of pyridine rings is 1. The van der Waals surface area contributed by atoms with E-state index in [1.165, 1.54) is 7.11 Å². The van der Waals surface area contributed by atoms with Crippen molar-refractivity contribution >= 4 is 18.0 Å². The molecular formula is C21H26N2O5. The molecule has 0 radical (unpaired) electrons. The molecule has 1 aliphatic carbocycles. The number of aliphatic hydroxyl groups excluding tert-OH is 1. The summed E-state index contributed by atoms with van der Waals surface area (Å²) in [5.41, 5.74) is 1.07. The lowest BCUT2D eigenvalue weighted by atomic mass is 9.87. The fraction of sp³-hybridized carbons (Fsp3) is 0.571. The minimum Gasteiger partial charge on any atom is -0.469 e. The molecule has 1 amide bonds. The summed E-state index contributed by atoms with van der Waals surface area (Å²) in [7, 11) is 1.32. The number of allylic oxidation sites excluding steroid dienone is 1. The van der Waals surface area contributed by atoms with Crippen LogP contribution in [0.5, 0.6) is 0 Å². The third-order valence-electron chi connectivity index (χ3n) is 6.34. The number of methoxy groups -OCH3 is 1. The van der Waals surface area contributed by atoms with Gasteiger partial charge in [-0.25, -0.2) is 0 Å². The molecule has 4 rings (SSSR count). The Morgan fingerprint density at radius 2 is 2.07 bits per heavy atom. The zero-order valence-electron chi connectivity index (χ0n) is 16.2. The topological polar surface area (TPSA) is 88.8 Å². The van der Waals surface area contributed by atoms with Gasteiger partial charge in [-0.05, 0) is 37.8 Å². The second-order valence-corrected chi connectivity index (χ2v) is 7.99. The van der Waals surface area contributed by atoms with Gasteiger partial charge in [-0.15, -0.1) is 0 Å². The van der Waals surface area contributed by atoms with Crippen molar-refractivity contribution in [2.75, 3.05) is 13.7 Å². The second-order valence-electron chi connectivity index (χ2n) is 7.99. The molecule has 2 bridgehead atoms. The van der Waals surface area contributed by atoms with Gasteiger partial charge in [0.1, 0.15) is 0 Å². The number of rotatable bonds is 5. The zero-order valence-corrected chi connectivity index (χ0v) is 16.2. The Kier molecular flexibility index (Phi) is 4.87. The highest BCUT2D eigenvalue weighted by molar-refractivity contribution is 5.82. The molecule has 7 heteroatoms. The molecule has 1 aromatic heterocycles. The smallest absolute Gasteiger partial charge is 0.311 e. The fourth-order valence-electron chi connectivity index (χ4n) is 4.85. The van der Waals surface area contributed by atoms with Crippen molar-refractivity contribution in [3.63, 3.8) is 0 Å². The van der Waals surface area contributed by atoms with Crippen molar-refractivity contribution in [3.8, 4) is 0 Å². The molecule has 7 nitrogen and oxygen atoms in total. The van der Waals surface area contributed by atoms with E-state index in [9.17, 15) is 19.5 Å². The lowest BCUT2D eigenvalue weighted by Gasteiger charge is -2.38. The molecule has 1 N–H and O–H groups in total. The van der Waals surface area contributed by atoms with Crippen LogP contribution in [0.15, 0.2) is 23.0 Å². The van der Waals surface area contributed by atoms with Crippen molar-refractivity contribution in [3.05, 3.63) is 39.8 Å². The Labute approximate surface area is 163 Å². The third-order valence-corrected chi connectivity index (χ3v) is 6.34. The van der Waals surface area contributed by atoms with Crippen molar-refractivity contribution in [1.82, 2.24) is 9.47 Å². The molecule has 28 heavy (non-hydrogen) atoms. The van der Waals surface area contributed by atoms with Gasteiger partial charge in [-0.2, -0.15) is 0 Å². The number of esters is 1. The number of aliphatic hydroxyl groups is 1. The average Bonchev–Trinajstić information content (AvgIpc) is 3.46. The molecule has 1 saturated carbocycles. The van der Waals surface area contributed by atoms with Gasteiger partial charge < -0.3 is 19.3 Å². The maximum Gasteiger partial charge on any atom is 0.311 e. The van der Waals surface area contributed by atoms with Crippen molar-refractivity contribution < 1.29 is 19.4 Å². The maximum absolute atomic E-state index is 13.1. The standard InChI is InChI=1S/C21H26N2O5/c1-3-4-13-7-8-15-19-18(21(27)28-2)14(11-24)16(10-22(15)20(13)26)23(19)17(25)9-12-5-6-12/h3-4,7-8,12,14,16,18-19,24H,5-6,9-11H2,1-2H3/b4-3-/t14-,16-,18+,19+/m0/s1. The van der Waals surface area contributed by atoms with Gasteiger partial charge in [0.15, 0.2) is 0 Å². The lowest BCUT2D eigenvalue weighted by Crippen LogP contribution is -2.49. The lowest BCUT2D eigenvalue weighted by molar-refractivity contribution is -0.148. The first-order chi connectivity index (χ1) is 13.5. The van der Waals surface area contributed by atoms with Gasteiger partial charge in [0.05, 0.1) is 25.1 Å². The van der Waals surface area contributed by atoms with Gasteiger partial charge in [-0.1, -0.05) is 12.2 Å². The van der Waals surface area contributed by atoms with Gasteiger partial charge in [-0.3, -0.25) is 14.4 Å².